The number of carbonyl (C=O) groups excluding carboxylic acids is 2. The van der Waals surface area contributed by atoms with E-state index in [-0.39, 0.29) is 22.9 Å². The molecule has 33 heavy (non-hydrogen) atoms. The molecule has 1 saturated heterocycles. The lowest BCUT2D eigenvalue weighted by atomic mass is 10.1. The summed E-state index contributed by atoms with van der Waals surface area (Å²) in [7, 11) is 0. The van der Waals surface area contributed by atoms with Gasteiger partial charge in [-0.25, -0.2) is 4.98 Å². The van der Waals surface area contributed by atoms with Crippen molar-refractivity contribution >= 4 is 45.9 Å². The topological polar surface area (TPSA) is 101 Å². The minimum atomic E-state index is -0.325. The minimum Gasteiger partial charge on any atom is -0.356 e. The Kier molecular flexibility index (Phi) is 5.86. The Bertz CT molecular complexity index is 1350. The van der Waals surface area contributed by atoms with Crippen LogP contribution in [0, 0.1) is 13.8 Å². The third kappa shape index (κ3) is 4.23. The third-order valence-corrected chi connectivity index (χ3v) is 7.65. The van der Waals surface area contributed by atoms with Gasteiger partial charge < -0.3 is 14.7 Å². The van der Waals surface area contributed by atoms with E-state index < -0.39 is 0 Å². The molecule has 10 heteroatoms. The Morgan fingerprint density at radius 2 is 2.12 bits per heavy atom. The lowest BCUT2D eigenvalue weighted by molar-refractivity contribution is 0.0747. The van der Waals surface area contributed by atoms with E-state index in [9.17, 15) is 9.59 Å². The summed E-state index contributed by atoms with van der Waals surface area (Å²) >= 11 is 3.17. The largest absolute Gasteiger partial charge is 0.356 e. The molecule has 0 aliphatic carbocycles. The zero-order chi connectivity index (χ0) is 22.9. The number of hydrogen-bond donors (Lipinski definition) is 1. The quantitative estimate of drug-likeness (QED) is 0.463. The van der Waals surface area contributed by atoms with Gasteiger partial charge in [0.1, 0.15) is 11.4 Å². The fraction of sp³-hybridized carbons (Fsp3) is 0.261. The van der Waals surface area contributed by atoms with E-state index in [1.54, 1.807) is 22.7 Å². The van der Waals surface area contributed by atoms with Crippen LogP contribution in [0.25, 0.3) is 21.4 Å². The van der Waals surface area contributed by atoms with Crippen molar-refractivity contribution in [3.05, 3.63) is 64.7 Å². The number of aryl methyl sites for hydroxylation is 2. The summed E-state index contributed by atoms with van der Waals surface area (Å²) in [4.78, 5) is 37.7. The zero-order valence-electron chi connectivity index (χ0n) is 18.1. The van der Waals surface area contributed by atoms with Crippen LogP contribution in [-0.2, 0) is 0 Å². The highest BCUT2D eigenvalue weighted by molar-refractivity contribution is 8.00. The summed E-state index contributed by atoms with van der Waals surface area (Å²) in [5.74, 6) is 0.363. The highest BCUT2D eigenvalue weighted by Crippen LogP contribution is 2.34. The molecule has 1 aliphatic heterocycles. The zero-order valence-corrected chi connectivity index (χ0v) is 19.7. The van der Waals surface area contributed by atoms with Crippen LogP contribution in [0.3, 0.4) is 0 Å². The molecule has 1 unspecified atom stereocenters. The summed E-state index contributed by atoms with van der Waals surface area (Å²) in [6.07, 6.45) is 2.99. The summed E-state index contributed by atoms with van der Waals surface area (Å²) in [5, 5.41) is 7.87. The van der Waals surface area contributed by atoms with Gasteiger partial charge in [-0.05, 0) is 19.4 Å². The van der Waals surface area contributed by atoms with Crippen molar-refractivity contribution in [3.63, 3.8) is 0 Å². The van der Waals surface area contributed by atoms with Crippen molar-refractivity contribution in [2.75, 3.05) is 18.8 Å². The molecule has 1 atom stereocenters. The number of thioether (sulfide) groups is 1. The van der Waals surface area contributed by atoms with E-state index in [0.29, 0.717) is 29.8 Å². The first kappa shape index (κ1) is 21.6. The molecule has 0 spiro atoms. The van der Waals surface area contributed by atoms with Gasteiger partial charge in [-0.2, -0.15) is 0 Å². The Balaban J connectivity index is 1.34. The molecule has 1 aliphatic rings. The standard InChI is InChI=1S/C23H21N5O3S2/c1-13-4-3-5-15(10-13)21-20(27-14(2)33-21)23(30)28-8-9-32-18(28)12-25-22(29)19-16-11-26-31-17(16)6-7-24-19/h3-7,10-11,18H,8-9,12H2,1-2H3,(H,25,29). The molecule has 8 nitrogen and oxygen atoms in total. The van der Waals surface area contributed by atoms with Gasteiger partial charge in [-0.3, -0.25) is 14.6 Å². The first-order chi connectivity index (χ1) is 16.0. The van der Waals surface area contributed by atoms with Crippen LogP contribution in [0.1, 0.15) is 31.5 Å². The van der Waals surface area contributed by atoms with E-state index in [1.165, 1.54) is 23.7 Å². The molecule has 0 radical (unpaired) electrons. The second kappa shape index (κ2) is 8.95. The summed E-state index contributed by atoms with van der Waals surface area (Å²) in [5.41, 5.74) is 3.35. The van der Waals surface area contributed by atoms with Gasteiger partial charge in [0.15, 0.2) is 5.58 Å². The van der Waals surface area contributed by atoms with Gasteiger partial charge in [-0.1, -0.05) is 35.0 Å². The van der Waals surface area contributed by atoms with Crippen molar-refractivity contribution in [2.24, 2.45) is 0 Å². The number of benzene rings is 1. The molecule has 1 aromatic carbocycles. The molecule has 3 aromatic heterocycles. The van der Waals surface area contributed by atoms with Crippen LogP contribution >= 0.6 is 23.1 Å². The molecule has 168 valence electrons. The molecular formula is C23H21N5O3S2. The number of nitrogens with one attached hydrogen (secondary N) is 1. The first-order valence-electron chi connectivity index (χ1n) is 10.5. The van der Waals surface area contributed by atoms with E-state index in [2.05, 4.69) is 26.5 Å². The van der Waals surface area contributed by atoms with Crippen LogP contribution in [0.2, 0.25) is 0 Å². The van der Waals surface area contributed by atoms with Crippen molar-refractivity contribution in [3.8, 4) is 10.4 Å². The molecule has 1 fully saturated rings. The number of pyridine rings is 1. The Morgan fingerprint density at radius 1 is 1.24 bits per heavy atom. The molecular weight excluding hydrogens is 458 g/mol. The third-order valence-electron chi connectivity index (χ3n) is 5.40. The van der Waals surface area contributed by atoms with E-state index in [1.807, 2.05) is 32.0 Å². The highest BCUT2D eigenvalue weighted by atomic mass is 32.2. The van der Waals surface area contributed by atoms with E-state index in [0.717, 1.165) is 26.8 Å². The number of carbonyl (C=O) groups is 2. The molecule has 5 rings (SSSR count). The SMILES string of the molecule is Cc1cccc(-c2sc(C)nc2C(=O)N2CCSC2CNC(=O)c2nccc3oncc23)c1. The fourth-order valence-corrected chi connectivity index (χ4v) is 5.92. The normalized spacial score (nSPS) is 15.8. The monoisotopic (exact) mass is 479 g/mol. The summed E-state index contributed by atoms with van der Waals surface area (Å²) in [6.45, 7) is 4.86. The number of hydrogen-bond acceptors (Lipinski definition) is 8. The van der Waals surface area contributed by atoms with E-state index in [4.69, 9.17) is 4.52 Å². The average Bonchev–Trinajstić information content (AvgIpc) is 3.55. The predicted molar refractivity (Wildman–Crippen MR) is 128 cm³/mol. The van der Waals surface area contributed by atoms with Gasteiger partial charge in [0.05, 0.1) is 26.8 Å². The van der Waals surface area contributed by atoms with Crippen LogP contribution in [0.4, 0.5) is 0 Å². The smallest absolute Gasteiger partial charge is 0.274 e. The first-order valence-corrected chi connectivity index (χ1v) is 12.3. The van der Waals surface area contributed by atoms with Gasteiger partial charge in [0.2, 0.25) is 0 Å². The molecule has 0 bridgehead atoms. The van der Waals surface area contributed by atoms with Gasteiger partial charge in [0, 0.05) is 31.1 Å². The van der Waals surface area contributed by atoms with Gasteiger partial charge in [-0.15, -0.1) is 23.1 Å². The number of amides is 2. The van der Waals surface area contributed by atoms with Crippen LogP contribution in [0.15, 0.2) is 47.2 Å². The fourth-order valence-electron chi connectivity index (χ4n) is 3.85. The van der Waals surface area contributed by atoms with Crippen molar-refractivity contribution in [1.82, 2.24) is 25.3 Å². The van der Waals surface area contributed by atoms with Crippen molar-refractivity contribution in [1.29, 1.82) is 0 Å². The molecule has 1 N–H and O–H groups in total. The lowest BCUT2D eigenvalue weighted by Gasteiger charge is -2.23. The van der Waals surface area contributed by atoms with Crippen molar-refractivity contribution < 1.29 is 14.1 Å². The van der Waals surface area contributed by atoms with Gasteiger partial charge >= 0.3 is 0 Å². The number of fused-ring (bicyclic) bond motifs is 1. The molecule has 4 aromatic rings. The number of nitrogens with zero attached hydrogens (tertiary/aromatic N) is 4. The maximum absolute atomic E-state index is 13.5. The van der Waals surface area contributed by atoms with Crippen LogP contribution in [-0.4, -0.2) is 56.1 Å². The minimum absolute atomic E-state index is 0.112. The number of rotatable bonds is 5. The van der Waals surface area contributed by atoms with Crippen molar-refractivity contribution in [2.45, 2.75) is 19.2 Å². The van der Waals surface area contributed by atoms with Crippen LogP contribution in [0.5, 0.6) is 0 Å². The maximum Gasteiger partial charge on any atom is 0.274 e. The maximum atomic E-state index is 13.5. The Labute approximate surface area is 198 Å². The average molecular weight is 480 g/mol. The number of aromatic nitrogens is 3. The second-order valence-corrected chi connectivity index (χ2v) is 10.2. The second-order valence-electron chi connectivity index (χ2n) is 7.71. The van der Waals surface area contributed by atoms with Crippen LogP contribution < -0.4 is 5.32 Å². The summed E-state index contributed by atoms with van der Waals surface area (Å²) in [6, 6.07) is 9.75. The molecule has 0 saturated carbocycles. The molecule has 4 heterocycles. The highest BCUT2D eigenvalue weighted by Gasteiger charge is 2.33. The molecule has 2 amide bonds. The predicted octanol–water partition coefficient (Wildman–Crippen LogP) is 3.91. The summed E-state index contributed by atoms with van der Waals surface area (Å²) < 4.78 is 5.11. The van der Waals surface area contributed by atoms with Gasteiger partial charge in [0.25, 0.3) is 11.8 Å². The Morgan fingerprint density at radius 3 is 2.97 bits per heavy atom. The number of thiazole rings is 1. The Hall–Kier alpha value is -3.24. The van der Waals surface area contributed by atoms with E-state index >= 15 is 0 Å². The lowest BCUT2D eigenvalue weighted by Crippen LogP contribution is -2.42.